The minimum atomic E-state index is 0.653. The summed E-state index contributed by atoms with van der Waals surface area (Å²) in [4.78, 5) is 8.28. The molecule has 0 saturated heterocycles. The quantitative estimate of drug-likeness (QED) is 0.703. The van der Waals surface area contributed by atoms with E-state index in [1.54, 1.807) is 6.20 Å². The molecule has 2 N–H and O–H groups in total. The fourth-order valence-corrected chi connectivity index (χ4v) is 1.44. The molecule has 0 aliphatic rings. The number of thioether (sulfide) groups is 1. The van der Waals surface area contributed by atoms with Crippen LogP contribution in [0.15, 0.2) is 12.3 Å². The summed E-state index contributed by atoms with van der Waals surface area (Å²) in [5, 5.41) is 6.15. The van der Waals surface area contributed by atoms with Crippen molar-refractivity contribution in [1.82, 2.24) is 9.97 Å². The highest BCUT2D eigenvalue weighted by Gasteiger charge is 1.95. The third kappa shape index (κ3) is 3.83. The molecule has 0 fully saturated rings. The van der Waals surface area contributed by atoms with Crippen LogP contribution in [-0.4, -0.2) is 35.6 Å². The Morgan fingerprint density at radius 2 is 2.36 bits per heavy atom. The summed E-state index contributed by atoms with van der Waals surface area (Å²) in [6.07, 6.45) is 5.01. The van der Waals surface area contributed by atoms with Crippen LogP contribution < -0.4 is 10.6 Å². The highest BCUT2D eigenvalue weighted by molar-refractivity contribution is 7.98. The van der Waals surface area contributed by atoms with Crippen LogP contribution in [0.25, 0.3) is 0 Å². The molecule has 0 aliphatic carbocycles. The number of aromatic nitrogens is 2. The number of hydrogen-bond acceptors (Lipinski definition) is 5. The molecule has 1 rings (SSSR count). The molecule has 14 heavy (non-hydrogen) atoms. The molecule has 1 heterocycles. The molecule has 78 valence electrons. The zero-order chi connectivity index (χ0) is 10.2. The lowest BCUT2D eigenvalue weighted by molar-refractivity contribution is 0.977. The number of hydrogen-bond donors (Lipinski definition) is 2. The zero-order valence-electron chi connectivity index (χ0n) is 8.58. The summed E-state index contributed by atoms with van der Waals surface area (Å²) in [5.41, 5.74) is 0. The van der Waals surface area contributed by atoms with E-state index >= 15 is 0 Å². The van der Waals surface area contributed by atoms with Crippen molar-refractivity contribution in [2.45, 2.75) is 6.42 Å². The fraction of sp³-hybridized carbons (Fsp3) is 0.556. The van der Waals surface area contributed by atoms with Gasteiger partial charge in [-0.1, -0.05) is 0 Å². The van der Waals surface area contributed by atoms with Crippen molar-refractivity contribution in [3.8, 4) is 0 Å². The standard InChI is InChI=1S/C9H16N4S/c1-10-9-12-6-4-8(13-9)11-5-3-7-14-2/h4,6H,3,5,7H2,1-2H3,(H2,10,11,12,13). The average Bonchev–Trinajstić information content (AvgIpc) is 2.25. The van der Waals surface area contributed by atoms with Gasteiger partial charge in [-0.05, 0) is 24.5 Å². The smallest absolute Gasteiger partial charge is 0.224 e. The number of nitrogens with zero attached hydrogens (tertiary/aromatic N) is 2. The van der Waals surface area contributed by atoms with E-state index in [0.29, 0.717) is 5.95 Å². The lowest BCUT2D eigenvalue weighted by Crippen LogP contribution is -2.06. The van der Waals surface area contributed by atoms with Crippen molar-refractivity contribution < 1.29 is 0 Å². The van der Waals surface area contributed by atoms with Crippen LogP contribution in [0.1, 0.15) is 6.42 Å². The van der Waals surface area contributed by atoms with E-state index in [-0.39, 0.29) is 0 Å². The summed E-state index contributed by atoms with van der Waals surface area (Å²) in [6.45, 7) is 0.959. The molecular weight excluding hydrogens is 196 g/mol. The minimum absolute atomic E-state index is 0.653. The summed E-state index contributed by atoms with van der Waals surface area (Å²) in [5.74, 6) is 2.71. The van der Waals surface area contributed by atoms with Crippen LogP contribution in [0.3, 0.4) is 0 Å². The summed E-state index contributed by atoms with van der Waals surface area (Å²) in [7, 11) is 1.81. The van der Waals surface area contributed by atoms with Crippen LogP contribution in [0, 0.1) is 0 Å². The minimum Gasteiger partial charge on any atom is -0.370 e. The van der Waals surface area contributed by atoms with E-state index < -0.39 is 0 Å². The molecule has 5 heteroatoms. The molecule has 1 aromatic heterocycles. The normalized spacial score (nSPS) is 9.86. The Bertz CT molecular complexity index is 267. The molecule has 0 spiro atoms. The molecule has 0 bridgehead atoms. The Morgan fingerprint density at radius 1 is 1.50 bits per heavy atom. The molecule has 0 saturated carbocycles. The maximum Gasteiger partial charge on any atom is 0.224 e. The molecule has 0 atom stereocenters. The Morgan fingerprint density at radius 3 is 3.07 bits per heavy atom. The van der Waals surface area contributed by atoms with Gasteiger partial charge in [0, 0.05) is 19.8 Å². The van der Waals surface area contributed by atoms with Crippen molar-refractivity contribution in [3.63, 3.8) is 0 Å². The highest BCUT2D eigenvalue weighted by atomic mass is 32.2. The second-order valence-electron chi connectivity index (χ2n) is 2.79. The van der Waals surface area contributed by atoms with Gasteiger partial charge in [0.05, 0.1) is 0 Å². The third-order valence-corrected chi connectivity index (χ3v) is 2.41. The lowest BCUT2D eigenvalue weighted by atomic mass is 10.4. The van der Waals surface area contributed by atoms with Crippen LogP contribution in [0.2, 0.25) is 0 Å². The van der Waals surface area contributed by atoms with Gasteiger partial charge in [0.15, 0.2) is 0 Å². The van der Waals surface area contributed by atoms with Crippen molar-refractivity contribution in [3.05, 3.63) is 12.3 Å². The van der Waals surface area contributed by atoms with Crippen molar-refractivity contribution in [2.75, 3.05) is 36.2 Å². The second-order valence-corrected chi connectivity index (χ2v) is 3.77. The van der Waals surface area contributed by atoms with E-state index in [1.807, 2.05) is 24.9 Å². The van der Waals surface area contributed by atoms with Gasteiger partial charge in [-0.25, -0.2) is 4.98 Å². The topological polar surface area (TPSA) is 49.8 Å². The van der Waals surface area contributed by atoms with Crippen LogP contribution in [0.4, 0.5) is 11.8 Å². The molecule has 0 aromatic carbocycles. The molecular formula is C9H16N4S. The van der Waals surface area contributed by atoms with Gasteiger partial charge in [-0.2, -0.15) is 16.7 Å². The Balaban J connectivity index is 2.34. The third-order valence-electron chi connectivity index (χ3n) is 1.71. The number of anilines is 2. The first-order valence-electron chi connectivity index (χ1n) is 4.60. The Hall–Kier alpha value is -0.970. The zero-order valence-corrected chi connectivity index (χ0v) is 9.40. The first kappa shape index (κ1) is 11.1. The molecule has 0 radical (unpaired) electrons. The molecule has 4 nitrogen and oxygen atoms in total. The monoisotopic (exact) mass is 212 g/mol. The van der Waals surface area contributed by atoms with Gasteiger partial charge in [-0.15, -0.1) is 0 Å². The van der Waals surface area contributed by atoms with Gasteiger partial charge in [0.25, 0.3) is 0 Å². The Kier molecular flexibility index (Phi) is 5.14. The van der Waals surface area contributed by atoms with E-state index in [2.05, 4.69) is 26.9 Å². The van der Waals surface area contributed by atoms with Crippen LogP contribution in [-0.2, 0) is 0 Å². The van der Waals surface area contributed by atoms with Crippen molar-refractivity contribution in [2.24, 2.45) is 0 Å². The highest BCUT2D eigenvalue weighted by Crippen LogP contribution is 2.05. The van der Waals surface area contributed by atoms with Gasteiger partial charge in [-0.3, -0.25) is 0 Å². The van der Waals surface area contributed by atoms with Gasteiger partial charge >= 0.3 is 0 Å². The largest absolute Gasteiger partial charge is 0.370 e. The number of nitrogens with one attached hydrogen (secondary N) is 2. The van der Waals surface area contributed by atoms with Crippen molar-refractivity contribution in [1.29, 1.82) is 0 Å². The summed E-state index contributed by atoms with van der Waals surface area (Å²) in [6, 6.07) is 1.87. The lowest BCUT2D eigenvalue weighted by Gasteiger charge is -2.05. The molecule has 1 aromatic rings. The summed E-state index contributed by atoms with van der Waals surface area (Å²) >= 11 is 1.86. The van der Waals surface area contributed by atoms with Crippen molar-refractivity contribution >= 4 is 23.5 Å². The van der Waals surface area contributed by atoms with Gasteiger partial charge < -0.3 is 10.6 Å². The van der Waals surface area contributed by atoms with E-state index in [1.165, 1.54) is 5.75 Å². The van der Waals surface area contributed by atoms with E-state index in [4.69, 9.17) is 0 Å². The molecule has 0 unspecified atom stereocenters. The first-order chi connectivity index (χ1) is 6.86. The average molecular weight is 212 g/mol. The number of rotatable bonds is 6. The van der Waals surface area contributed by atoms with E-state index in [0.717, 1.165) is 18.8 Å². The predicted molar refractivity (Wildman–Crippen MR) is 63.1 cm³/mol. The van der Waals surface area contributed by atoms with Gasteiger partial charge in [0.2, 0.25) is 5.95 Å². The molecule has 0 aliphatic heterocycles. The first-order valence-corrected chi connectivity index (χ1v) is 6.00. The summed E-state index contributed by atoms with van der Waals surface area (Å²) < 4.78 is 0. The SMILES string of the molecule is CNc1nccc(NCCCSC)n1. The maximum absolute atomic E-state index is 4.25. The second kappa shape index (κ2) is 6.48. The van der Waals surface area contributed by atoms with Crippen LogP contribution in [0.5, 0.6) is 0 Å². The predicted octanol–water partition coefficient (Wildman–Crippen LogP) is 1.68. The van der Waals surface area contributed by atoms with Gasteiger partial charge in [0.1, 0.15) is 5.82 Å². The maximum atomic E-state index is 4.25. The Labute approximate surface area is 88.9 Å². The van der Waals surface area contributed by atoms with E-state index in [9.17, 15) is 0 Å². The van der Waals surface area contributed by atoms with Crippen LogP contribution >= 0.6 is 11.8 Å². The molecule has 0 amide bonds. The fourth-order valence-electron chi connectivity index (χ4n) is 1.01.